The van der Waals surface area contributed by atoms with Gasteiger partial charge in [0.25, 0.3) is 0 Å². The van der Waals surface area contributed by atoms with Gasteiger partial charge in [0.15, 0.2) is 5.82 Å². The SMILES string of the molecule is Cc1cc(NC(=O)Cn2cc(Br)cn2)nn1Cc1ccccc1F. The molecule has 3 rings (SSSR count). The molecule has 8 heteroatoms. The molecule has 1 amide bonds. The lowest BCUT2D eigenvalue weighted by molar-refractivity contribution is -0.116. The van der Waals surface area contributed by atoms with Gasteiger partial charge in [-0.05, 0) is 28.9 Å². The third kappa shape index (κ3) is 3.88. The molecule has 6 nitrogen and oxygen atoms in total. The second-order valence-electron chi connectivity index (χ2n) is 5.32. The molecule has 124 valence electrons. The molecule has 0 aliphatic carbocycles. The van der Waals surface area contributed by atoms with Crippen LogP contribution in [0.4, 0.5) is 10.2 Å². The molecule has 0 aliphatic heterocycles. The molecule has 3 aromatic rings. The second-order valence-corrected chi connectivity index (χ2v) is 6.24. The summed E-state index contributed by atoms with van der Waals surface area (Å²) in [7, 11) is 0. The third-order valence-electron chi connectivity index (χ3n) is 3.43. The zero-order valence-corrected chi connectivity index (χ0v) is 14.5. The molecular formula is C16H15BrFN5O. The maximum Gasteiger partial charge on any atom is 0.247 e. The lowest BCUT2D eigenvalue weighted by Gasteiger charge is -2.05. The van der Waals surface area contributed by atoms with Crippen LogP contribution in [0.2, 0.25) is 0 Å². The van der Waals surface area contributed by atoms with E-state index in [1.807, 2.05) is 6.92 Å². The molecule has 0 saturated carbocycles. The molecule has 0 spiro atoms. The Morgan fingerprint density at radius 3 is 2.88 bits per heavy atom. The Morgan fingerprint density at radius 1 is 1.38 bits per heavy atom. The fourth-order valence-corrected chi connectivity index (χ4v) is 2.60. The molecule has 0 radical (unpaired) electrons. The van der Waals surface area contributed by atoms with Crippen molar-refractivity contribution in [2.75, 3.05) is 5.32 Å². The van der Waals surface area contributed by atoms with Crippen LogP contribution < -0.4 is 5.32 Å². The average Bonchev–Trinajstić information content (AvgIpc) is 3.07. The molecule has 1 N–H and O–H groups in total. The number of hydrogen-bond acceptors (Lipinski definition) is 3. The van der Waals surface area contributed by atoms with Crippen molar-refractivity contribution in [1.29, 1.82) is 0 Å². The van der Waals surface area contributed by atoms with Crippen LogP contribution >= 0.6 is 15.9 Å². The van der Waals surface area contributed by atoms with E-state index in [1.165, 1.54) is 10.7 Å². The number of rotatable bonds is 5. The molecule has 24 heavy (non-hydrogen) atoms. The van der Waals surface area contributed by atoms with Crippen molar-refractivity contribution >= 4 is 27.7 Å². The second kappa shape index (κ2) is 6.96. The highest BCUT2D eigenvalue weighted by Gasteiger charge is 2.11. The molecule has 2 heterocycles. The van der Waals surface area contributed by atoms with Crippen LogP contribution in [0, 0.1) is 12.7 Å². The highest BCUT2D eigenvalue weighted by atomic mass is 79.9. The van der Waals surface area contributed by atoms with Gasteiger partial charge in [-0.25, -0.2) is 4.39 Å². The molecular weight excluding hydrogens is 377 g/mol. The first-order valence-electron chi connectivity index (χ1n) is 7.27. The van der Waals surface area contributed by atoms with Crippen molar-refractivity contribution in [3.05, 3.63) is 64.3 Å². The Morgan fingerprint density at radius 2 is 2.17 bits per heavy atom. The average molecular weight is 392 g/mol. The van der Waals surface area contributed by atoms with E-state index < -0.39 is 0 Å². The van der Waals surface area contributed by atoms with Crippen LogP contribution in [0.3, 0.4) is 0 Å². The zero-order valence-electron chi connectivity index (χ0n) is 12.9. The van der Waals surface area contributed by atoms with Crippen molar-refractivity contribution < 1.29 is 9.18 Å². The van der Waals surface area contributed by atoms with Crippen LogP contribution in [0.25, 0.3) is 0 Å². The van der Waals surface area contributed by atoms with Crippen LogP contribution in [0.5, 0.6) is 0 Å². The quantitative estimate of drug-likeness (QED) is 0.726. The van der Waals surface area contributed by atoms with E-state index in [1.54, 1.807) is 41.3 Å². The third-order valence-corrected chi connectivity index (χ3v) is 3.84. The number of nitrogens with zero attached hydrogens (tertiary/aromatic N) is 4. The van der Waals surface area contributed by atoms with Gasteiger partial charge < -0.3 is 5.32 Å². The van der Waals surface area contributed by atoms with Crippen molar-refractivity contribution in [2.24, 2.45) is 0 Å². The van der Waals surface area contributed by atoms with E-state index >= 15 is 0 Å². The van der Waals surface area contributed by atoms with Gasteiger partial charge in [-0.15, -0.1) is 0 Å². The van der Waals surface area contributed by atoms with Crippen LogP contribution in [0.1, 0.15) is 11.3 Å². The topological polar surface area (TPSA) is 64.7 Å². The largest absolute Gasteiger partial charge is 0.308 e. The van der Waals surface area contributed by atoms with Crippen LogP contribution in [-0.2, 0) is 17.9 Å². The molecule has 1 aromatic carbocycles. The van der Waals surface area contributed by atoms with Gasteiger partial charge in [0.05, 0.1) is 17.2 Å². The Hall–Kier alpha value is -2.48. The number of anilines is 1. The van der Waals surface area contributed by atoms with E-state index in [4.69, 9.17) is 0 Å². The summed E-state index contributed by atoms with van der Waals surface area (Å²) in [6.07, 6.45) is 3.32. The molecule has 0 fully saturated rings. The van der Waals surface area contributed by atoms with Gasteiger partial charge in [0.2, 0.25) is 5.91 Å². The molecule has 0 unspecified atom stereocenters. The van der Waals surface area contributed by atoms with E-state index in [-0.39, 0.29) is 18.3 Å². The summed E-state index contributed by atoms with van der Waals surface area (Å²) in [5.74, 6) is -0.0801. The summed E-state index contributed by atoms with van der Waals surface area (Å²) < 4.78 is 17.7. The van der Waals surface area contributed by atoms with Gasteiger partial charge in [-0.1, -0.05) is 18.2 Å². The summed E-state index contributed by atoms with van der Waals surface area (Å²) in [5, 5.41) is 11.1. The summed E-state index contributed by atoms with van der Waals surface area (Å²) in [6.45, 7) is 2.25. The van der Waals surface area contributed by atoms with Gasteiger partial charge in [-0.2, -0.15) is 10.2 Å². The Kier molecular flexibility index (Phi) is 4.75. The summed E-state index contributed by atoms with van der Waals surface area (Å²) in [4.78, 5) is 12.0. The minimum atomic E-state index is -0.276. The number of carbonyl (C=O) groups excluding carboxylic acids is 1. The van der Waals surface area contributed by atoms with Gasteiger partial charge in [0, 0.05) is 23.5 Å². The molecule has 0 atom stereocenters. The van der Waals surface area contributed by atoms with Gasteiger partial charge in [0.1, 0.15) is 12.4 Å². The number of carbonyl (C=O) groups is 1. The molecule has 0 saturated heterocycles. The first kappa shape index (κ1) is 16.4. The summed E-state index contributed by atoms with van der Waals surface area (Å²) in [5.41, 5.74) is 1.37. The zero-order chi connectivity index (χ0) is 17.1. The lowest BCUT2D eigenvalue weighted by atomic mass is 10.2. The fraction of sp³-hybridized carbons (Fsp3) is 0.188. The van der Waals surface area contributed by atoms with Crippen LogP contribution in [-0.4, -0.2) is 25.5 Å². The smallest absolute Gasteiger partial charge is 0.247 e. The predicted octanol–water partition coefficient (Wildman–Crippen LogP) is 2.98. The highest BCUT2D eigenvalue weighted by Crippen LogP contribution is 2.14. The number of aryl methyl sites for hydroxylation is 1. The number of benzene rings is 1. The van der Waals surface area contributed by atoms with E-state index in [0.717, 1.165) is 10.2 Å². The standard InChI is InChI=1S/C16H15BrFN5O/c1-11-6-15(20-16(24)10-22-9-13(17)7-19-22)21-23(11)8-12-4-2-3-5-14(12)18/h2-7,9H,8,10H2,1H3,(H,20,21,24). The van der Waals surface area contributed by atoms with Crippen molar-refractivity contribution in [2.45, 2.75) is 20.0 Å². The maximum atomic E-state index is 13.7. The number of halogens is 2. The van der Waals surface area contributed by atoms with Crippen molar-refractivity contribution in [3.63, 3.8) is 0 Å². The monoisotopic (exact) mass is 391 g/mol. The number of hydrogen-bond donors (Lipinski definition) is 1. The summed E-state index contributed by atoms with van der Waals surface area (Å²) >= 11 is 3.28. The van der Waals surface area contributed by atoms with E-state index in [9.17, 15) is 9.18 Å². The predicted molar refractivity (Wildman–Crippen MR) is 91.0 cm³/mol. The number of nitrogens with one attached hydrogen (secondary N) is 1. The summed E-state index contributed by atoms with van der Waals surface area (Å²) in [6, 6.07) is 8.30. The molecule has 0 bridgehead atoms. The van der Waals surface area contributed by atoms with Gasteiger partial charge in [-0.3, -0.25) is 14.2 Å². The van der Waals surface area contributed by atoms with Gasteiger partial charge >= 0.3 is 0 Å². The number of aromatic nitrogens is 4. The fourth-order valence-electron chi connectivity index (χ4n) is 2.27. The Bertz CT molecular complexity index is 873. The first-order valence-corrected chi connectivity index (χ1v) is 8.06. The highest BCUT2D eigenvalue weighted by molar-refractivity contribution is 9.10. The minimum Gasteiger partial charge on any atom is -0.308 e. The maximum absolute atomic E-state index is 13.7. The molecule has 2 aromatic heterocycles. The molecule has 0 aliphatic rings. The minimum absolute atomic E-state index is 0.0881. The number of amides is 1. The van der Waals surface area contributed by atoms with Crippen molar-refractivity contribution in [1.82, 2.24) is 19.6 Å². The Labute approximate surface area is 146 Å². The van der Waals surface area contributed by atoms with Crippen molar-refractivity contribution in [3.8, 4) is 0 Å². The normalized spacial score (nSPS) is 10.8. The first-order chi connectivity index (χ1) is 11.5. The van der Waals surface area contributed by atoms with Crippen LogP contribution in [0.15, 0.2) is 47.2 Å². The van der Waals surface area contributed by atoms with E-state index in [2.05, 4.69) is 31.4 Å². The lowest BCUT2D eigenvalue weighted by Crippen LogP contribution is -2.19. The van der Waals surface area contributed by atoms with E-state index in [0.29, 0.717) is 17.9 Å². The Balaban J connectivity index is 1.67.